The molecule has 0 aliphatic rings. The number of hydrogen-bond donors (Lipinski definition) is 1. The molecule has 0 aliphatic heterocycles. The molecule has 7 heteroatoms. The Morgan fingerprint density at radius 1 is 0.935 bits per heavy atom. The maximum atomic E-state index is 14.7. The van der Waals surface area contributed by atoms with E-state index >= 15 is 0 Å². The van der Waals surface area contributed by atoms with Gasteiger partial charge in [-0.3, -0.25) is 9.59 Å². The Bertz CT molecular complexity index is 1280. The summed E-state index contributed by atoms with van der Waals surface area (Å²) in [5, 5.41) is 7.06. The van der Waals surface area contributed by atoms with Crippen molar-refractivity contribution >= 4 is 21.8 Å². The maximum absolute atomic E-state index is 14.7. The molecule has 4 aromatic rings. The van der Waals surface area contributed by atoms with Crippen LogP contribution in [0.3, 0.4) is 0 Å². The highest BCUT2D eigenvalue weighted by molar-refractivity contribution is 9.10. The number of benzene rings is 3. The van der Waals surface area contributed by atoms with E-state index in [9.17, 15) is 14.0 Å². The number of aromatic nitrogens is 2. The second-order valence-electron chi connectivity index (χ2n) is 6.79. The Morgan fingerprint density at radius 3 is 2.29 bits per heavy atom. The van der Waals surface area contributed by atoms with E-state index < -0.39 is 17.8 Å². The van der Waals surface area contributed by atoms with Gasteiger partial charge in [-0.1, -0.05) is 70.5 Å². The van der Waals surface area contributed by atoms with E-state index in [4.69, 9.17) is 0 Å². The van der Waals surface area contributed by atoms with Crippen LogP contribution in [0.15, 0.2) is 100 Å². The molecule has 1 atom stereocenters. The third-order valence-corrected chi connectivity index (χ3v) is 5.21. The molecule has 31 heavy (non-hydrogen) atoms. The van der Waals surface area contributed by atoms with E-state index in [1.165, 1.54) is 18.2 Å². The zero-order valence-corrected chi connectivity index (χ0v) is 17.8. The quantitative estimate of drug-likeness (QED) is 0.454. The fourth-order valence-corrected chi connectivity index (χ4v) is 3.55. The van der Waals surface area contributed by atoms with Crippen molar-refractivity contribution in [2.75, 3.05) is 0 Å². The SMILES string of the molecule is O=C(NC(c1ccccc1)c1ccc(Br)cc1F)c1ccc(=O)n(-c2ccccc2)n1. The van der Waals surface area contributed by atoms with Crippen molar-refractivity contribution in [3.8, 4) is 5.69 Å². The summed E-state index contributed by atoms with van der Waals surface area (Å²) < 4.78 is 16.5. The van der Waals surface area contributed by atoms with E-state index in [0.29, 0.717) is 21.3 Å². The van der Waals surface area contributed by atoms with Crippen molar-refractivity contribution in [2.24, 2.45) is 0 Å². The minimum Gasteiger partial charge on any atom is -0.340 e. The molecule has 0 saturated heterocycles. The fraction of sp³-hybridized carbons (Fsp3) is 0.0417. The van der Waals surface area contributed by atoms with Gasteiger partial charge in [0, 0.05) is 16.1 Å². The molecule has 1 N–H and O–H groups in total. The minimum atomic E-state index is -0.735. The van der Waals surface area contributed by atoms with Crippen LogP contribution in [0.25, 0.3) is 5.69 Å². The molecule has 1 unspecified atom stereocenters. The number of nitrogens with zero attached hydrogens (tertiary/aromatic N) is 2. The summed E-state index contributed by atoms with van der Waals surface area (Å²) in [5.41, 5.74) is 1.26. The average molecular weight is 478 g/mol. The van der Waals surface area contributed by atoms with Gasteiger partial charge in [-0.25, -0.2) is 4.39 Å². The van der Waals surface area contributed by atoms with Gasteiger partial charge in [-0.05, 0) is 35.9 Å². The monoisotopic (exact) mass is 477 g/mol. The smallest absolute Gasteiger partial charge is 0.272 e. The Balaban J connectivity index is 1.71. The van der Waals surface area contributed by atoms with Gasteiger partial charge in [-0.2, -0.15) is 9.78 Å². The Morgan fingerprint density at radius 2 is 1.61 bits per heavy atom. The lowest BCUT2D eigenvalue weighted by atomic mass is 9.98. The molecule has 4 rings (SSSR count). The van der Waals surface area contributed by atoms with Crippen LogP contribution in [-0.2, 0) is 0 Å². The highest BCUT2D eigenvalue weighted by Crippen LogP contribution is 2.27. The lowest BCUT2D eigenvalue weighted by Gasteiger charge is -2.20. The number of nitrogens with one attached hydrogen (secondary N) is 1. The van der Waals surface area contributed by atoms with Gasteiger partial charge < -0.3 is 5.32 Å². The first-order chi connectivity index (χ1) is 15.0. The molecule has 0 fully saturated rings. The van der Waals surface area contributed by atoms with Crippen LogP contribution in [0.1, 0.15) is 27.7 Å². The van der Waals surface area contributed by atoms with Crippen molar-refractivity contribution in [3.63, 3.8) is 0 Å². The fourth-order valence-electron chi connectivity index (χ4n) is 3.21. The molecule has 0 radical (unpaired) electrons. The standard InChI is InChI=1S/C24H17BrFN3O2/c25-17-11-12-19(20(26)15-17)23(16-7-3-1-4-8-16)27-24(31)21-13-14-22(30)29(28-21)18-9-5-2-6-10-18/h1-15,23H,(H,27,31). The highest BCUT2D eigenvalue weighted by atomic mass is 79.9. The Kier molecular flexibility index (Phi) is 6.04. The lowest BCUT2D eigenvalue weighted by Crippen LogP contribution is -2.32. The van der Waals surface area contributed by atoms with Crippen molar-refractivity contribution in [1.82, 2.24) is 15.1 Å². The van der Waals surface area contributed by atoms with Gasteiger partial charge >= 0.3 is 0 Å². The van der Waals surface area contributed by atoms with E-state index in [-0.39, 0.29) is 11.3 Å². The summed E-state index contributed by atoms with van der Waals surface area (Å²) >= 11 is 3.26. The summed E-state index contributed by atoms with van der Waals surface area (Å²) in [7, 11) is 0. The normalized spacial score (nSPS) is 11.7. The third kappa shape index (κ3) is 4.62. The second-order valence-corrected chi connectivity index (χ2v) is 7.70. The first-order valence-corrected chi connectivity index (χ1v) is 10.3. The molecule has 154 valence electrons. The van der Waals surface area contributed by atoms with Gasteiger partial charge in [0.1, 0.15) is 11.5 Å². The molecule has 5 nitrogen and oxygen atoms in total. The first kappa shape index (κ1) is 20.7. The van der Waals surface area contributed by atoms with Gasteiger partial charge in [0.2, 0.25) is 0 Å². The largest absolute Gasteiger partial charge is 0.340 e. The highest BCUT2D eigenvalue weighted by Gasteiger charge is 2.22. The number of rotatable bonds is 5. The molecule has 1 amide bonds. The first-order valence-electron chi connectivity index (χ1n) is 9.49. The summed E-state index contributed by atoms with van der Waals surface area (Å²) in [6.07, 6.45) is 0. The second kappa shape index (κ2) is 9.06. The Hall–Kier alpha value is -3.58. The van der Waals surface area contributed by atoms with Crippen molar-refractivity contribution in [3.05, 3.63) is 128 Å². The molecule has 0 spiro atoms. The van der Waals surface area contributed by atoms with Gasteiger partial charge in [0.25, 0.3) is 11.5 Å². The van der Waals surface area contributed by atoms with Gasteiger partial charge in [0.05, 0.1) is 11.7 Å². The molecule has 0 aliphatic carbocycles. The predicted octanol–water partition coefficient (Wildman–Crippen LogP) is 4.65. The maximum Gasteiger partial charge on any atom is 0.272 e. The van der Waals surface area contributed by atoms with Crippen LogP contribution < -0.4 is 10.9 Å². The lowest BCUT2D eigenvalue weighted by molar-refractivity contribution is 0.0935. The zero-order valence-electron chi connectivity index (χ0n) is 16.2. The number of carbonyl (C=O) groups is 1. The van der Waals surface area contributed by atoms with Crippen LogP contribution in [0.4, 0.5) is 4.39 Å². The number of amides is 1. The van der Waals surface area contributed by atoms with E-state index in [2.05, 4.69) is 26.3 Å². The molecule has 0 bridgehead atoms. The molecular weight excluding hydrogens is 461 g/mol. The topological polar surface area (TPSA) is 64.0 Å². The van der Waals surface area contributed by atoms with Crippen molar-refractivity contribution < 1.29 is 9.18 Å². The van der Waals surface area contributed by atoms with Crippen LogP contribution >= 0.6 is 15.9 Å². The summed E-state index contributed by atoms with van der Waals surface area (Å²) in [4.78, 5) is 25.3. The number of para-hydroxylation sites is 1. The average Bonchev–Trinajstić information content (AvgIpc) is 2.79. The van der Waals surface area contributed by atoms with E-state index in [1.807, 2.05) is 36.4 Å². The van der Waals surface area contributed by atoms with Crippen LogP contribution in [0.2, 0.25) is 0 Å². The molecule has 3 aromatic carbocycles. The molecule has 1 aromatic heterocycles. The number of hydrogen-bond acceptors (Lipinski definition) is 3. The van der Waals surface area contributed by atoms with Crippen molar-refractivity contribution in [1.29, 1.82) is 0 Å². The van der Waals surface area contributed by atoms with Crippen LogP contribution in [0.5, 0.6) is 0 Å². The summed E-state index contributed by atoms with van der Waals surface area (Å²) in [5.74, 6) is -0.980. The minimum absolute atomic E-state index is 0.0434. The van der Waals surface area contributed by atoms with Crippen molar-refractivity contribution in [2.45, 2.75) is 6.04 Å². The van der Waals surface area contributed by atoms with E-state index in [0.717, 1.165) is 4.68 Å². The number of halogens is 2. The van der Waals surface area contributed by atoms with Gasteiger partial charge in [0.15, 0.2) is 0 Å². The predicted molar refractivity (Wildman–Crippen MR) is 120 cm³/mol. The Labute approximate surface area is 186 Å². The zero-order chi connectivity index (χ0) is 21.8. The third-order valence-electron chi connectivity index (χ3n) is 4.72. The summed E-state index contributed by atoms with van der Waals surface area (Å²) in [6.45, 7) is 0. The molecular formula is C24H17BrFN3O2. The molecule has 1 heterocycles. The summed E-state index contributed by atoms with van der Waals surface area (Å²) in [6, 6.07) is 24.5. The van der Waals surface area contributed by atoms with Gasteiger partial charge in [-0.15, -0.1) is 0 Å². The van der Waals surface area contributed by atoms with E-state index in [1.54, 1.807) is 36.4 Å². The molecule has 0 saturated carbocycles. The van der Waals surface area contributed by atoms with Crippen LogP contribution in [-0.4, -0.2) is 15.7 Å². The number of carbonyl (C=O) groups excluding carboxylic acids is 1. The van der Waals surface area contributed by atoms with Crippen LogP contribution in [0, 0.1) is 5.82 Å².